The normalized spacial score (nSPS) is 14.8. The SMILES string of the molecule is CCCNc1cn2ccnc2c(OCCN(C)C2CC2)n1. The van der Waals surface area contributed by atoms with E-state index >= 15 is 0 Å². The number of hydrogen-bond donors (Lipinski definition) is 1. The van der Waals surface area contributed by atoms with Crippen LogP contribution in [0.25, 0.3) is 5.65 Å². The van der Waals surface area contributed by atoms with Gasteiger partial charge in [0, 0.05) is 31.5 Å². The highest BCUT2D eigenvalue weighted by atomic mass is 16.5. The van der Waals surface area contributed by atoms with Crippen molar-refractivity contribution in [2.45, 2.75) is 32.2 Å². The van der Waals surface area contributed by atoms with Crippen LogP contribution in [0.4, 0.5) is 5.82 Å². The van der Waals surface area contributed by atoms with E-state index in [1.165, 1.54) is 12.8 Å². The van der Waals surface area contributed by atoms with Crippen LogP contribution in [0.5, 0.6) is 5.88 Å². The minimum atomic E-state index is 0.602. The van der Waals surface area contributed by atoms with Crippen LogP contribution in [0.1, 0.15) is 26.2 Å². The van der Waals surface area contributed by atoms with Crippen LogP contribution in [-0.4, -0.2) is 52.1 Å². The predicted octanol–water partition coefficient (Wildman–Crippen LogP) is 2.02. The van der Waals surface area contributed by atoms with Crippen molar-refractivity contribution in [2.75, 3.05) is 32.1 Å². The lowest BCUT2D eigenvalue weighted by Gasteiger charge is -2.16. The van der Waals surface area contributed by atoms with Crippen molar-refractivity contribution in [3.8, 4) is 5.88 Å². The number of nitrogens with zero attached hydrogens (tertiary/aromatic N) is 4. The topological polar surface area (TPSA) is 54.7 Å². The molecule has 3 rings (SSSR count). The van der Waals surface area contributed by atoms with Crippen LogP contribution in [-0.2, 0) is 0 Å². The Balaban J connectivity index is 1.67. The van der Waals surface area contributed by atoms with Crippen LogP contribution in [0, 0.1) is 0 Å². The van der Waals surface area contributed by atoms with Gasteiger partial charge in [-0.3, -0.25) is 4.40 Å². The molecule has 0 aromatic carbocycles. The van der Waals surface area contributed by atoms with Gasteiger partial charge in [0.2, 0.25) is 5.65 Å². The highest BCUT2D eigenvalue weighted by Gasteiger charge is 2.25. The number of rotatable bonds is 8. The molecule has 1 fully saturated rings. The fourth-order valence-corrected chi connectivity index (χ4v) is 2.32. The Kier molecular flexibility index (Phi) is 4.24. The molecule has 1 saturated carbocycles. The molecule has 0 bridgehead atoms. The first-order valence-electron chi connectivity index (χ1n) is 7.68. The molecule has 1 N–H and O–H groups in total. The molecule has 0 aliphatic heterocycles. The Morgan fingerprint density at radius 2 is 2.33 bits per heavy atom. The van der Waals surface area contributed by atoms with Gasteiger partial charge in [0.05, 0.1) is 6.20 Å². The molecule has 0 unspecified atom stereocenters. The van der Waals surface area contributed by atoms with Gasteiger partial charge in [-0.05, 0) is 26.3 Å². The van der Waals surface area contributed by atoms with E-state index in [9.17, 15) is 0 Å². The third-order valence-corrected chi connectivity index (χ3v) is 3.75. The van der Waals surface area contributed by atoms with Gasteiger partial charge in [0.15, 0.2) is 0 Å². The molecule has 0 spiro atoms. The predicted molar refractivity (Wildman–Crippen MR) is 82.9 cm³/mol. The zero-order valence-electron chi connectivity index (χ0n) is 12.7. The molecule has 0 atom stereocenters. The third-order valence-electron chi connectivity index (χ3n) is 3.75. The van der Waals surface area contributed by atoms with E-state index in [0.29, 0.717) is 12.5 Å². The summed E-state index contributed by atoms with van der Waals surface area (Å²) in [4.78, 5) is 11.2. The number of likely N-dealkylation sites (N-methyl/N-ethyl adjacent to an activating group) is 1. The Morgan fingerprint density at radius 1 is 1.48 bits per heavy atom. The Bertz CT molecular complexity index is 593. The van der Waals surface area contributed by atoms with Crippen LogP contribution in [0.2, 0.25) is 0 Å². The lowest BCUT2D eigenvalue weighted by atomic mass is 10.5. The second kappa shape index (κ2) is 6.30. The molecule has 2 aromatic heterocycles. The first kappa shape index (κ1) is 14.1. The maximum atomic E-state index is 5.87. The van der Waals surface area contributed by atoms with Gasteiger partial charge in [-0.2, -0.15) is 4.98 Å². The third kappa shape index (κ3) is 3.44. The lowest BCUT2D eigenvalue weighted by molar-refractivity contribution is 0.227. The number of fused-ring (bicyclic) bond motifs is 1. The number of anilines is 1. The van der Waals surface area contributed by atoms with Crippen molar-refractivity contribution in [3.05, 3.63) is 18.6 Å². The maximum absolute atomic E-state index is 5.87. The van der Waals surface area contributed by atoms with Gasteiger partial charge in [0.1, 0.15) is 12.4 Å². The summed E-state index contributed by atoms with van der Waals surface area (Å²) in [5.41, 5.74) is 0.770. The summed E-state index contributed by atoms with van der Waals surface area (Å²) in [6.07, 6.45) is 9.32. The number of hydrogen-bond acceptors (Lipinski definition) is 5. The second-order valence-electron chi connectivity index (χ2n) is 5.58. The first-order valence-corrected chi connectivity index (χ1v) is 7.68. The van der Waals surface area contributed by atoms with Gasteiger partial charge < -0.3 is 15.0 Å². The van der Waals surface area contributed by atoms with E-state index in [1.54, 1.807) is 6.20 Å². The van der Waals surface area contributed by atoms with E-state index in [4.69, 9.17) is 4.74 Å². The fraction of sp³-hybridized carbons (Fsp3) is 0.600. The first-order chi connectivity index (χ1) is 10.3. The van der Waals surface area contributed by atoms with Crippen LogP contribution in [0.3, 0.4) is 0 Å². The molecule has 114 valence electrons. The van der Waals surface area contributed by atoms with E-state index in [-0.39, 0.29) is 0 Å². The minimum absolute atomic E-state index is 0.602. The molecule has 6 nitrogen and oxygen atoms in total. The van der Waals surface area contributed by atoms with Gasteiger partial charge in [-0.1, -0.05) is 6.92 Å². The standard InChI is InChI=1S/C15H23N5O/c1-3-6-16-13-11-20-8-7-17-14(20)15(18-13)21-10-9-19(2)12-4-5-12/h7-8,11-12,16H,3-6,9-10H2,1-2H3. The maximum Gasteiger partial charge on any atom is 0.260 e. The van der Waals surface area contributed by atoms with Crippen molar-refractivity contribution in [3.63, 3.8) is 0 Å². The lowest BCUT2D eigenvalue weighted by Crippen LogP contribution is -2.26. The van der Waals surface area contributed by atoms with E-state index in [2.05, 4.69) is 34.2 Å². The van der Waals surface area contributed by atoms with Crippen molar-refractivity contribution in [2.24, 2.45) is 0 Å². The highest BCUT2D eigenvalue weighted by molar-refractivity contribution is 5.53. The van der Waals surface area contributed by atoms with E-state index in [0.717, 1.165) is 37.0 Å². The number of ether oxygens (including phenoxy) is 1. The molecule has 21 heavy (non-hydrogen) atoms. The average molecular weight is 289 g/mol. The zero-order valence-corrected chi connectivity index (χ0v) is 12.7. The molecule has 2 heterocycles. The van der Waals surface area contributed by atoms with Crippen LogP contribution < -0.4 is 10.1 Å². The Hall–Kier alpha value is -1.82. The van der Waals surface area contributed by atoms with Crippen LogP contribution in [0.15, 0.2) is 18.6 Å². The quantitative estimate of drug-likeness (QED) is 0.806. The molecule has 0 radical (unpaired) electrons. The van der Waals surface area contributed by atoms with Crippen LogP contribution >= 0.6 is 0 Å². The fourth-order valence-electron chi connectivity index (χ4n) is 2.32. The average Bonchev–Trinajstić information content (AvgIpc) is 3.23. The van der Waals surface area contributed by atoms with Crippen molar-refractivity contribution in [1.82, 2.24) is 19.3 Å². The number of imidazole rings is 1. The van der Waals surface area contributed by atoms with Gasteiger partial charge >= 0.3 is 0 Å². The number of nitrogens with one attached hydrogen (secondary N) is 1. The zero-order chi connectivity index (χ0) is 14.7. The van der Waals surface area contributed by atoms with E-state index < -0.39 is 0 Å². The van der Waals surface area contributed by atoms with Gasteiger partial charge in [-0.25, -0.2) is 4.98 Å². The van der Waals surface area contributed by atoms with Crippen molar-refractivity contribution < 1.29 is 4.74 Å². The van der Waals surface area contributed by atoms with Crippen molar-refractivity contribution >= 4 is 11.5 Å². The summed E-state index contributed by atoms with van der Waals surface area (Å²) in [6.45, 7) is 4.59. The monoisotopic (exact) mass is 289 g/mol. The summed E-state index contributed by atoms with van der Waals surface area (Å²) in [5.74, 6) is 1.43. The molecular formula is C15H23N5O. The van der Waals surface area contributed by atoms with Gasteiger partial charge in [0.25, 0.3) is 5.88 Å². The number of aromatic nitrogens is 3. The van der Waals surface area contributed by atoms with E-state index in [1.807, 2.05) is 16.8 Å². The molecule has 6 heteroatoms. The van der Waals surface area contributed by atoms with Crippen molar-refractivity contribution in [1.29, 1.82) is 0 Å². The summed E-state index contributed by atoms with van der Waals surface area (Å²) >= 11 is 0. The summed E-state index contributed by atoms with van der Waals surface area (Å²) in [6, 6.07) is 0.755. The second-order valence-corrected chi connectivity index (χ2v) is 5.58. The van der Waals surface area contributed by atoms with Gasteiger partial charge in [-0.15, -0.1) is 0 Å². The molecule has 1 aliphatic rings. The molecule has 0 amide bonds. The Labute approximate surface area is 125 Å². The Morgan fingerprint density at radius 3 is 3.10 bits per heavy atom. The minimum Gasteiger partial charge on any atom is -0.474 e. The smallest absolute Gasteiger partial charge is 0.260 e. The summed E-state index contributed by atoms with van der Waals surface area (Å²) in [5, 5.41) is 3.29. The highest BCUT2D eigenvalue weighted by Crippen LogP contribution is 2.25. The largest absolute Gasteiger partial charge is 0.474 e. The summed E-state index contributed by atoms with van der Waals surface area (Å²) < 4.78 is 7.82. The molecule has 1 aliphatic carbocycles. The molecular weight excluding hydrogens is 266 g/mol. The molecule has 0 saturated heterocycles. The molecule has 2 aromatic rings. The summed E-state index contributed by atoms with van der Waals surface area (Å²) in [7, 11) is 2.15.